The van der Waals surface area contributed by atoms with E-state index in [2.05, 4.69) is 11.8 Å². The summed E-state index contributed by atoms with van der Waals surface area (Å²) >= 11 is 0. The third kappa shape index (κ3) is 2.78. The van der Waals surface area contributed by atoms with E-state index in [4.69, 9.17) is 5.73 Å². The first-order chi connectivity index (χ1) is 7.83. The minimum absolute atomic E-state index is 0.679. The van der Waals surface area contributed by atoms with Gasteiger partial charge in [0, 0.05) is 18.6 Å². The lowest BCUT2D eigenvalue weighted by Crippen LogP contribution is -2.44. The molecule has 2 rings (SSSR count). The van der Waals surface area contributed by atoms with Crippen LogP contribution >= 0.6 is 0 Å². The number of rotatable bonds is 3. The Hall–Kier alpha value is -0.0800. The average Bonchev–Trinajstić information content (AvgIpc) is 2.61. The van der Waals surface area contributed by atoms with E-state index in [1.165, 1.54) is 57.9 Å². The number of nitrogens with zero attached hydrogens (tertiary/aromatic N) is 1. The average molecular weight is 224 g/mol. The highest BCUT2D eigenvalue weighted by Gasteiger charge is 2.31. The molecular formula is C14H28N2. The molecule has 1 aliphatic carbocycles. The molecule has 2 N–H and O–H groups in total. The third-order valence-electron chi connectivity index (χ3n) is 4.80. The van der Waals surface area contributed by atoms with Gasteiger partial charge >= 0.3 is 0 Å². The first kappa shape index (κ1) is 12.4. The summed E-state index contributed by atoms with van der Waals surface area (Å²) in [6, 6.07) is 1.45. The van der Waals surface area contributed by atoms with E-state index in [1.807, 2.05) is 0 Å². The number of nitrogens with two attached hydrogens (primary N) is 1. The Kier molecular flexibility index (Phi) is 4.66. The molecular weight excluding hydrogens is 196 g/mol. The van der Waals surface area contributed by atoms with Crippen LogP contribution in [0.4, 0.5) is 0 Å². The minimum Gasteiger partial charge on any atom is -0.329 e. The van der Waals surface area contributed by atoms with E-state index >= 15 is 0 Å². The zero-order valence-electron chi connectivity index (χ0n) is 10.8. The van der Waals surface area contributed by atoms with Gasteiger partial charge in [-0.3, -0.25) is 4.90 Å². The fourth-order valence-corrected chi connectivity index (χ4v) is 3.71. The molecule has 2 atom stereocenters. The largest absolute Gasteiger partial charge is 0.329 e. The molecule has 2 aliphatic rings. The Labute approximate surface area is 101 Å². The Morgan fingerprint density at radius 3 is 2.38 bits per heavy atom. The minimum atomic E-state index is 0.679. The third-order valence-corrected chi connectivity index (χ3v) is 4.80. The van der Waals surface area contributed by atoms with Crippen molar-refractivity contribution in [2.24, 2.45) is 11.7 Å². The highest BCUT2D eigenvalue weighted by atomic mass is 15.2. The Bertz CT molecular complexity index is 197. The van der Waals surface area contributed by atoms with Gasteiger partial charge in [0.05, 0.1) is 0 Å². The lowest BCUT2D eigenvalue weighted by Gasteiger charge is -2.35. The van der Waals surface area contributed by atoms with Gasteiger partial charge in [-0.15, -0.1) is 0 Å². The van der Waals surface area contributed by atoms with Crippen LogP contribution in [-0.2, 0) is 0 Å². The molecule has 2 heteroatoms. The second kappa shape index (κ2) is 6.02. The van der Waals surface area contributed by atoms with Gasteiger partial charge in [-0.05, 0) is 45.1 Å². The summed E-state index contributed by atoms with van der Waals surface area (Å²) in [6.07, 6.45) is 11.4. The van der Waals surface area contributed by atoms with E-state index in [0.29, 0.717) is 6.04 Å². The Morgan fingerprint density at radius 1 is 1.06 bits per heavy atom. The highest BCUT2D eigenvalue weighted by Crippen LogP contribution is 2.31. The van der Waals surface area contributed by atoms with Crippen molar-refractivity contribution in [2.45, 2.75) is 70.4 Å². The van der Waals surface area contributed by atoms with Gasteiger partial charge < -0.3 is 5.73 Å². The first-order valence-corrected chi connectivity index (χ1v) is 7.28. The van der Waals surface area contributed by atoms with Gasteiger partial charge in [0.25, 0.3) is 0 Å². The summed E-state index contributed by atoms with van der Waals surface area (Å²) in [7, 11) is 0. The molecule has 0 amide bonds. The molecule has 2 unspecified atom stereocenters. The molecule has 0 radical (unpaired) electrons. The number of likely N-dealkylation sites (tertiary alicyclic amines) is 1. The standard InChI is InChI=1S/C14H28N2/c1-12(13-7-4-2-3-5-8-13)16-10-6-9-14(16)11-15/h12-14H,2-11,15H2,1H3. The van der Waals surface area contributed by atoms with Crippen LogP contribution in [0, 0.1) is 5.92 Å². The summed E-state index contributed by atoms with van der Waals surface area (Å²) in [5.41, 5.74) is 5.88. The number of hydrogen-bond acceptors (Lipinski definition) is 2. The Balaban J connectivity index is 1.91. The summed E-state index contributed by atoms with van der Waals surface area (Å²) < 4.78 is 0. The molecule has 0 aromatic carbocycles. The second-order valence-electron chi connectivity index (χ2n) is 5.76. The molecule has 0 spiro atoms. The molecule has 1 aliphatic heterocycles. The molecule has 1 saturated carbocycles. The molecule has 94 valence electrons. The first-order valence-electron chi connectivity index (χ1n) is 7.28. The van der Waals surface area contributed by atoms with Crippen LogP contribution in [0.2, 0.25) is 0 Å². The summed E-state index contributed by atoms with van der Waals surface area (Å²) in [5, 5.41) is 0. The number of hydrogen-bond donors (Lipinski definition) is 1. The van der Waals surface area contributed by atoms with E-state index in [9.17, 15) is 0 Å². The van der Waals surface area contributed by atoms with E-state index in [1.54, 1.807) is 0 Å². The van der Waals surface area contributed by atoms with E-state index in [-0.39, 0.29) is 0 Å². The maximum Gasteiger partial charge on any atom is 0.0221 e. The molecule has 2 nitrogen and oxygen atoms in total. The van der Waals surface area contributed by atoms with Gasteiger partial charge in [-0.25, -0.2) is 0 Å². The zero-order valence-corrected chi connectivity index (χ0v) is 10.8. The molecule has 2 fully saturated rings. The molecule has 0 bridgehead atoms. The molecule has 0 aromatic heterocycles. The topological polar surface area (TPSA) is 29.3 Å². The zero-order chi connectivity index (χ0) is 11.4. The van der Waals surface area contributed by atoms with E-state index in [0.717, 1.165) is 18.5 Å². The van der Waals surface area contributed by atoms with Crippen molar-refractivity contribution in [1.82, 2.24) is 4.90 Å². The van der Waals surface area contributed by atoms with Crippen molar-refractivity contribution in [2.75, 3.05) is 13.1 Å². The quantitative estimate of drug-likeness (QED) is 0.747. The van der Waals surface area contributed by atoms with Crippen molar-refractivity contribution in [1.29, 1.82) is 0 Å². The fraction of sp³-hybridized carbons (Fsp3) is 1.00. The van der Waals surface area contributed by atoms with Crippen LogP contribution in [0.25, 0.3) is 0 Å². The summed E-state index contributed by atoms with van der Waals surface area (Å²) in [5.74, 6) is 0.939. The van der Waals surface area contributed by atoms with Gasteiger partial charge in [-0.2, -0.15) is 0 Å². The fourth-order valence-electron chi connectivity index (χ4n) is 3.71. The predicted molar refractivity (Wildman–Crippen MR) is 69.4 cm³/mol. The van der Waals surface area contributed by atoms with Crippen LogP contribution in [-0.4, -0.2) is 30.1 Å². The van der Waals surface area contributed by atoms with E-state index < -0.39 is 0 Å². The van der Waals surface area contributed by atoms with Crippen molar-refractivity contribution < 1.29 is 0 Å². The molecule has 1 saturated heterocycles. The summed E-state index contributed by atoms with van der Waals surface area (Å²) in [4.78, 5) is 2.70. The second-order valence-corrected chi connectivity index (χ2v) is 5.76. The van der Waals surface area contributed by atoms with Crippen LogP contribution in [0.3, 0.4) is 0 Å². The van der Waals surface area contributed by atoms with Crippen molar-refractivity contribution >= 4 is 0 Å². The van der Waals surface area contributed by atoms with Gasteiger partial charge in [0.1, 0.15) is 0 Å². The lowest BCUT2D eigenvalue weighted by molar-refractivity contribution is 0.133. The predicted octanol–water partition coefficient (Wildman–Crippen LogP) is 2.77. The van der Waals surface area contributed by atoms with Crippen molar-refractivity contribution in [3.8, 4) is 0 Å². The smallest absolute Gasteiger partial charge is 0.0221 e. The normalized spacial score (nSPS) is 31.5. The van der Waals surface area contributed by atoms with Crippen LogP contribution < -0.4 is 5.73 Å². The van der Waals surface area contributed by atoms with Crippen LogP contribution in [0.5, 0.6) is 0 Å². The SMILES string of the molecule is CC(C1CCCCCC1)N1CCCC1CN. The molecule has 16 heavy (non-hydrogen) atoms. The lowest BCUT2D eigenvalue weighted by atomic mass is 9.91. The Morgan fingerprint density at radius 2 is 1.75 bits per heavy atom. The monoisotopic (exact) mass is 224 g/mol. The maximum atomic E-state index is 5.88. The van der Waals surface area contributed by atoms with Crippen molar-refractivity contribution in [3.05, 3.63) is 0 Å². The highest BCUT2D eigenvalue weighted by molar-refractivity contribution is 4.87. The van der Waals surface area contributed by atoms with Crippen LogP contribution in [0.15, 0.2) is 0 Å². The van der Waals surface area contributed by atoms with Crippen molar-refractivity contribution in [3.63, 3.8) is 0 Å². The summed E-state index contributed by atoms with van der Waals surface area (Å²) in [6.45, 7) is 4.60. The maximum absolute atomic E-state index is 5.88. The van der Waals surface area contributed by atoms with Gasteiger partial charge in [0.15, 0.2) is 0 Å². The van der Waals surface area contributed by atoms with Gasteiger partial charge in [0.2, 0.25) is 0 Å². The molecule has 1 heterocycles. The van der Waals surface area contributed by atoms with Gasteiger partial charge in [-0.1, -0.05) is 25.7 Å². The van der Waals surface area contributed by atoms with Crippen LogP contribution in [0.1, 0.15) is 58.3 Å². The molecule has 0 aromatic rings.